The van der Waals surface area contributed by atoms with Crippen LogP contribution in [0, 0.1) is 6.92 Å². The molecule has 0 saturated carbocycles. The van der Waals surface area contributed by atoms with Crippen LogP contribution in [0.15, 0.2) is 71.2 Å². The highest BCUT2D eigenvalue weighted by atomic mass is 16.5. The second kappa shape index (κ2) is 15.7. The van der Waals surface area contributed by atoms with Gasteiger partial charge >= 0.3 is 0 Å². The molecule has 242 valence electrons. The van der Waals surface area contributed by atoms with Crippen LogP contribution in [0.4, 0.5) is 0 Å². The molecular formula is C35H40N4O7. The number of carbonyl (C=O) groups excluding carboxylic acids is 1. The van der Waals surface area contributed by atoms with Crippen LogP contribution in [0.1, 0.15) is 65.3 Å². The summed E-state index contributed by atoms with van der Waals surface area (Å²) in [4.78, 5) is 24.8. The molecule has 0 amide bonds. The Hall–Kier alpha value is -5.16. The summed E-state index contributed by atoms with van der Waals surface area (Å²) >= 11 is 0. The maximum absolute atomic E-state index is 12.9. The SMILES string of the molecule is CC(C)=CCc1c(OCCCCn2cc(COCc3c(O)c(=O)cc(C)n3C)nn2)ccc(C(=O)/C=C/c2ccc(O)cc2)c1O. The van der Waals surface area contributed by atoms with Gasteiger partial charge in [0.15, 0.2) is 11.5 Å². The van der Waals surface area contributed by atoms with Crippen molar-refractivity contribution in [2.45, 2.75) is 59.8 Å². The quantitative estimate of drug-likeness (QED) is 0.0682. The Balaban J connectivity index is 1.29. The van der Waals surface area contributed by atoms with Crippen molar-refractivity contribution in [1.29, 1.82) is 0 Å². The molecule has 2 aromatic carbocycles. The number of hydrogen-bond donors (Lipinski definition) is 3. The van der Waals surface area contributed by atoms with E-state index in [-0.39, 0.29) is 41.8 Å². The summed E-state index contributed by atoms with van der Waals surface area (Å²) in [5.74, 6) is -0.101. The zero-order chi connectivity index (χ0) is 33.2. The topological polar surface area (TPSA) is 149 Å². The van der Waals surface area contributed by atoms with Gasteiger partial charge in [0.2, 0.25) is 5.43 Å². The molecule has 0 bridgehead atoms. The number of phenols is 2. The lowest BCUT2D eigenvalue weighted by atomic mass is 10.00. The van der Waals surface area contributed by atoms with Crippen LogP contribution in [0.25, 0.3) is 6.08 Å². The molecule has 0 saturated heterocycles. The molecule has 0 aliphatic rings. The molecule has 11 nitrogen and oxygen atoms in total. The maximum Gasteiger partial charge on any atom is 0.223 e. The minimum Gasteiger partial charge on any atom is -0.508 e. The lowest BCUT2D eigenvalue weighted by molar-refractivity contribution is 0.0975. The average Bonchev–Trinajstić information content (AvgIpc) is 3.48. The van der Waals surface area contributed by atoms with Crippen molar-refractivity contribution in [3.05, 3.63) is 110 Å². The number of ether oxygens (including phenoxy) is 2. The summed E-state index contributed by atoms with van der Waals surface area (Å²) < 4.78 is 15.2. The second-order valence-corrected chi connectivity index (χ2v) is 11.2. The fourth-order valence-electron chi connectivity index (χ4n) is 4.66. The number of nitrogens with zero attached hydrogens (tertiary/aromatic N) is 4. The predicted octanol–water partition coefficient (Wildman–Crippen LogP) is 5.38. The summed E-state index contributed by atoms with van der Waals surface area (Å²) in [6.45, 7) is 6.96. The summed E-state index contributed by atoms with van der Waals surface area (Å²) in [6, 6.07) is 11.1. The Morgan fingerprint density at radius 1 is 1.00 bits per heavy atom. The molecule has 2 aromatic heterocycles. The van der Waals surface area contributed by atoms with Crippen molar-refractivity contribution < 1.29 is 29.6 Å². The van der Waals surface area contributed by atoms with Crippen LogP contribution in [-0.2, 0) is 38.0 Å². The normalized spacial score (nSPS) is 11.2. The highest BCUT2D eigenvalue weighted by molar-refractivity contribution is 6.09. The lowest BCUT2D eigenvalue weighted by Gasteiger charge is -2.14. The van der Waals surface area contributed by atoms with E-state index in [9.17, 15) is 24.9 Å². The maximum atomic E-state index is 12.9. The van der Waals surface area contributed by atoms with Crippen LogP contribution in [0.5, 0.6) is 23.0 Å². The van der Waals surface area contributed by atoms with Crippen LogP contribution >= 0.6 is 0 Å². The van der Waals surface area contributed by atoms with Gasteiger partial charge in [-0.05, 0) is 75.9 Å². The van der Waals surface area contributed by atoms with Gasteiger partial charge in [-0.25, -0.2) is 0 Å². The average molecular weight is 629 g/mol. The standard InChI is InChI=1S/C35H40N4O7/c1-23(2)7-13-29-33(16-14-28(34(29)43)31(41)15-10-25-8-11-27(40)12-9-25)46-18-6-5-17-39-20-26(36-37-39)21-45-22-30-35(44)32(42)19-24(3)38(30)4/h7-12,14-16,19-20,40,43-44H,5-6,13,17-18,21-22H2,1-4H3/b15-10+. The van der Waals surface area contributed by atoms with E-state index in [1.165, 1.54) is 12.1 Å². The number of rotatable bonds is 15. The number of aromatic nitrogens is 4. The van der Waals surface area contributed by atoms with Gasteiger partial charge < -0.3 is 29.4 Å². The van der Waals surface area contributed by atoms with Crippen molar-refractivity contribution in [2.75, 3.05) is 6.61 Å². The first-order valence-electron chi connectivity index (χ1n) is 15.0. The Kier molecular flexibility index (Phi) is 11.5. The van der Waals surface area contributed by atoms with Gasteiger partial charge in [-0.1, -0.05) is 35.1 Å². The number of aromatic hydroxyl groups is 3. The van der Waals surface area contributed by atoms with E-state index in [4.69, 9.17) is 9.47 Å². The van der Waals surface area contributed by atoms with E-state index >= 15 is 0 Å². The zero-order valence-electron chi connectivity index (χ0n) is 26.6. The first-order valence-corrected chi connectivity index (χ1v) is 15.0. The number of carbonyl (C=O) groups is 1. The van der Waals surface area contributed by atoms with E-state index in [2.05, 4.69) is 10.3 Å². The van der Waals surface area contributed by atoms with E-state index in [0.29, 0.717) is 48.7 Å². The van der Waals surface area contributed by atoms with Gasteiger partial charge in [-0.2, -0.15) is 0 Å². The molecule has 0 aliphatic heterocycles. The smallest absolute Gasteiger partial charge is 0.223 e. The van der Waals surface area contributed by atoms with E-state index in [1.807, 2.05) is 19.9 Å². The fourth-order valence-corrected chi connectivity index (χ4v) is 4.66. The molecule has 0 fully saturated rings. The number of ketones is 1. The number of allylic oxidation sites excluding steroid dienone is 3. The molecule has 11 heteroatoms. The van der Waals surface area contributed by atoms with Crippen LogP contribution < -0.4 is 10.2 Å². The highest BCUT2D eigenvalue weighted by Gasteiger charge is 2.17. The molecule has 0 spiro atoms. The Bertz CT molecular complexity index is 1780. The van der Waals surface area contributed by atoms with Gasteiger partial charge in [0, 0.05) is 30.9 Å². The second-order valence-electron chi connectivity index (χ2n) is 11.2. The number of unbranched alkanes of at least 4 members (excludes halogenated alkanes) is 1. The van der Waals surface area contributed by atoms with Gasteiger partial charge in [-0.15, -0.1) is 5.10 Å². The molecule has 0 unspecified atom stereocenters. The number of phenolic OH excluding ortho intramolecular Hbond substituents is 2. The van der Waals surface area contributed by atoms with Crippen molar-refractivity contribution in [3.63, 3.8) is 0 Å². The third kappa shape index (κ3) is 8.95. The van der Waals surface area contributed by atoms with Crippen molar-refractivity contribution in [2.24, 2.45) is 7.05 Å². The first-order chi connectivity index (χ1) is 22.0. The van der Waals surface area contributed by atoms with Crippen LogP contribution in [0.2, 0.25) is 0 Å². The minimum absolute atomic E-state index is 0.0558. The third-order valence-electron chi connectivity index (χ3n) is 7.43. The Labute approximate surface area is 267 Å². The molecule has 0 atom stereocenters. The van der Waals surface area contributed by atoms with Crippen LogP contribution in [0.3, 0.4) is 0 Å². The fraction of sp³-hybridized carbons (Fsp3) is 0.314. The highest BCUT2D eigenvalue weighted by Crippen LogP contribution is 2.33. The number of benzene rings is 2. The molecule has 2 heterocycles. The molecule has 0 radical (unpaired) electrons. The van der Waals surface area contributed by atoms with E-state index in [0.717, 1.165) is 23.3 Å². The van der Waals surface area contributed by atoms with Gasteiger partial charge in [0.25, 0.3) is 0 Å². The lowest BCUT2D eigenvalue weighted by Crippen LogP contribution is -2.14. The summed E-state index contributed by atoms with van der Waals surface area (Å²) in [6.07, 6.45) is 8.68. The monoisotopic (exact) mass is 628 g/mol. The number of aryl methyl sites for hydroxylation is 2. The molecule has 46 heavy (non-hydrogen) atoms. The van der Waals surface area contributed by atoms with Gasteiger partial charge in [-0.3, -0.25) is 14.3 Å². The molecule has 4 aromatic rings. The van der Waals surface area contributed by atoms with Crippen molar-refractivity contribution in [1.82, 2.24) is 19.6 Å². The predicted molar refractivity (Wildman–Crippen MR) is 174 cm³/mol. The first kappa shape index (κ1) is 33.7. The molecule has 0 aliphatic carbocycles. The van der Waals surface area contributed by atoms with Crippen molar-refractivity contribution in [3.8, 4) is 23.0 Å². The molecular weight excluding hydrogens is 588 g/mol. The number of pyridine rings is 1. The van der Waals surface area contributed by atoms with E-state index < -0.39 is 5.43 Å². The Morgan fingerprint density at radius 3 is 2.50 bits per heavy atom. The molecule has 4 rings (SSSR count). The molecule has 3 N–H and O–H groups in total. The zero-order valence-corrected chi connectivity index (χ0v) is 26.6. The van der Waals surface area contributed by atoms with Gasteiger partial charge in [0.1, 0.15) is 22.9 Å². The largest absolute Gasteiger partial charge is 0.508 e. The summed E-state index contributed by atoms with van der Waals surface area (Å²) in [5.41, 5.74) is 3.87. The van der Waals surface area contributed by atoms with E-state index in [1.54, 1.807) is 71.9 Å². The third-order valence-corrected chi connectivity index (χ3v) is 7.43. The Morgan fingerprint density at radius 2 is 1.76 bits per heavy atom. The summed E-state index contributed by atoms with van der Waals surface area (Å²) in [5, 5.41) is 38.9. The number of hydrogen-bond acceptors (Lipinski definition) is 9. The van der Waals surface area contributed by atoms with Crippen molar-refractivity contribution >= 4 is 11.9 Å². The summed E-state index contributed by atoms with van der Waals surface area (Å²) in [7, 11) is 1.76. The minimum atomic E-state index is -0.437. The van der Waals surface area contributed by atoms with Crippen LogP contribution in [-0.4, -0.2) is 47.3 Å². The van der Waals surface area contributed by atoms with Gasteiger partial charge in [0.05, 0.1) is 37.3 Å².